The van der Waals surface area contributed by atoms with E-state index in [2.05, 4.69) is 94.5 Å². The minimum absolute atomic E-state index is 0.202. The summed E-state index contributed by atoms with van der Waals surface area (Å²) in [5, 5.41) is 0. The molecule has 0 radical (unpaired) electrons. The molecule has 0 spiro atoms. The molecule has 3 heteroatoms. The van der Waals surface area contributed by atoms with E-state index in [4.69, 9.17) is 6.42 Å². The fraction of sp³-hybridized carbons (Fsp3) is 0.118. The van der Waals surface area contributed by atoms with Crippen molar-refractivity contribution in [3.8, 4) is 83.6 Å². The number of thiol groups is 1. The molecule has 0 aliphatic heterocycles. The molecule has 0 rings (SSSR count). The van der Waals surface area contributed by atoms with Gasteiger partial charge in [-0.25, -0.2) is 0 Å². The van der Waals surface area contributed by atoms with Gasteiger partial charge in [0.25, 0.3) is 0 Å². The second-order valence-electron chi connectivity index (χ2n) is 2.57. The Morgan fingerprint density at radius 3 is 1.75 bits per heavy atom. The van der Waals surface area contributed by atoms with Gasteiger partial charge in [0.2, 0.25) is 0 Å². The lowest BCUT2D eigenvalue weighted by Gasteiger charge is -1.89. The average molecular weight is 274 g/mol. The summed E-state index contributed by atoms with van der Waals surface area (Å²) in [6.45, 7) is 0. The van der Waals surface area contributed by atoms with Gasteiger partial charge in [0, 0.05) is 41.3 Å². The fourth-order valence-corrected chi connectivity index (χ4v) is 0.750. The minimum Gasteiger partial charge on any atom is -0.371 e. The molecule has 20 heavy (non-hydrogen) atoms. The lowest BCUT2D eigenvalue weighted by molar-refractivity contribution is -0.136. The first-order valence-corrected chi connectivity index (χ1v) is 5.70. The van der Waals surface area contributed by atoms with Crippen molar-refractivity contribution < 1.29 is 9.53 Å². The van der Waals surface area contributed by atoms with E-state index < -0.39 is 5.97 Å². The van der Waals surface area contributed by atoms with Crippen molar-refractivity contribution in [1.29, 1.82) is 0 Å². The number of carbonyl (C=O) groups is 1. The van der Waals surface area contributed by atoms with Crippen LogP contribution in [-0.4, -0.2) is 11.7 Å². The van der Waals surface area contributed by atoms with Gasteiger partial charge in [-0.05, 0) is 35.5 Å². The first-order valence-electron chi connectivity index (χ1n) is 5.07. The van der Waals surface area contributed by atoms with Crippen molar-refractivity contribution >= 4 is 18.6 Å². The zero-order valence-electron chi connectivity index (χ0n) is 10.3. The summed E-state index contributed by atoms with van der Waals surface area (Å²) in [6.07, 6.45) is 7.22. The molecule has 0 aromatic rings. The first-order chi connectivity index (χ1) is 9.81. The van der Waals surface area contributed by atoms with E-state index in [1.807, 2.05) is 0 Å². The highest BCUT2D eigenvalue weighted by atomic mass is 32.1. The summed E-state index contributed by atoms with van der Waals surface area (Å²) in [6, 6.07) is 0. The molecule has 0 aromatic heterocycles. The fourth-order valence-electron chi connectivity index (χ4n) is 0.568. The molecule has 0 aliphatic rings. The predicted molar refractivity (Wildman–Crippen MR) is 80.1 cm³/mol. The molecule has 92 valence electrons. The number of hydrogen-bond donors (Lipinski definition) is 1. The third-order valence-electron chi connectivity index (χ3n) is 1.23. The zero-order valence-corrected chi connectivity index (χ0v) is 11.1. The second-order valence-corrected chi connectivity index (χ2v) is 3.02. The van der Waals surface area contributed by atoms with Crippen molar-refractivity contribution in [1.82, 2.24) is 0 Å². The molecule has 0 amide bonds. The molecule has 2 nitrogen and oxygen atoms in total. The Labute approximate surface area is 124 Å². The largest absolute Gasteiger partial charge is 0.371 e. The van der Waals surface area contributed by atoms with Gasteiger partial charge in [-0.1, -0.05) is 0 Å². The van der Waals surface area contributed by atoms with E-state index in [1.54, 1.807) is 0 Å². The Kier molecular flexibility index (Phi) is 11.6. The monoisotopic (exact) mass is 274 g/mol. The van der Waals surface area contributed by atoms with Crippen LogP contribution in [0.5, 0.6) is 0 Å². The lowest BCUT2D eigenvalue weighted by atomic mass is 10.5. The van der Waals surface area contributed by atoms with Crippen LogP contribution in [0, 0.1) is 83.6 Å². The van der Waals surface area contributed by atoms with Crippen LogP contribution in [0.15, 0.2) is 0 Å². The molecule has 0 unspecified atom stereocenters. The number of terminal acetylenes is 1. The van der Waals surface area contributed by atoms with Crippen LogP contribution in [0.2, 0.25) is 0 Å². The molecule has 0 N–H and O–H groups in total. The van der Waals surface area contributed by atoms with Crippen LogP contribution in [0.25, 0.3) is 0 Å². The molecule has 0 aliphatic carbocycles. The molecule has 0 bridgehead atoms. The maximum Gasteiger partial charge on any atom is 0.320 e. The lowest BCUT2D eigenvalue weighted by Crippen LogP contribution is -1.99. The van der Waals surface area contributed by atoms with E-state index in [1.165, 1.54) is 0 Å². The van der Waals surface area contributed by atoms with Gasteiger partial charge in [-0.2, -0.15) is 12.6 Å². The quantitative estimate of drug-likeness (QED) is 0.450. The number of rotatable bonds is 2. The molecule has 0 saturated carbocycles. The van der Waals surface area contributed by atoms with Gasteiger partial charge in [0.05, 0.1) is 6.42 Å². The summed E-state index contributed by atoms with van der Waals surface area (Å²) in [5.74, 6) is 28.5. The summed E-state index contributed by atoms with van der Waals surface area (Å²) < 4.78 is 4.50. The van der Waals surface area contributed by atoms with Gasteiger partial charge >= 0.3 is 5.97 Å². The predicted octanol–water partition coefficient (Wildman–Crippen LogP) is 0.461. The van der Waals surface area contributed by atoms with E-state index in [0.717, 1.165) is 0 Å². The molecule has 0 heterocycles. The van der Waals surface area contributed by atoms with Crippen molar-refractivity contribution in [2.75, 3.05) is 5.75 Å². The smallest absolute Gasteiger partial charge is 0.320 e. The highest BCUT2D eigenvalue weighted by Crippen LogP contribution is 1.86. The van der Waals surface area contributed by atoms with Crippen molar-refractivity contribution in [2.24, 2.45) is 0 Å². The Balaban J connectivity index is 4.18. The highest BCUT2D eigenvalue weighted by molar-refractivity contribution is 7.80. The van der Waals surface area contributed by atoms with Crippen LogP contribution in [0.1, 0.15) is 6.42 Å². The zero-order chi connectivity index (χ0) is 14.9. The molecule has 0 saturated heterocycles. The molecular weight excluding hydrogens is 268 g/mol. The third kappa shape index (κ3) is 12.8. The van der Waals surface area contributed by atoms with Crippen LogP contribution in [-0.2, 0) is 9.53 Å². The SMILES string of the molecule is C#CC#CC#CC#CC#CC#CC#COC(=O)CCS. The number of esters is 1. The Hall–Kier alpha value is -3.26. The topological polar surface area (TPSA) is 26.3 Å². The standard InChI is InChI=1S/C17H6O2S/c1-2-3-4-5-6-7-8-9-10-11-12-13-15-19-17(18)14-16-20/h1,20H,14,16H2. The van der Waals surface area contributed by atoms with E-state index in [0.29, 0.717) is 5.75 Å². The number of hydrogen-bond acceptors (Lipinski definition) is 3. The van der Waals surface area contributed by atoms with Crippen molar-refractivity contribution in [3.63, 3.8) is 0 Å². The van der Waals surface area contributed by atoms with E-state index in [9.17, 15) is 4.79 Å². The second kappa shape index (κ2) is 13.8. The summed E-state index contributed by atoms with van der Waals surface area (Å²) >= 11 is 3.87. The van der Waals surface area contributed by atoms with Gasteiger partial charge < -0.3 is 4.74 Å². The number of carbonyl (C=O) groups excluding carboxylic acids is 1. The minimum atomic E-state index is -0.447. The average Bonchev–Trinajstić information content (AvgIpc) is 2.44. The van der Waals surface area contributed by atoms with E-state index >= 15 is 0 Å². The van der Waals surface area contributed by atoms with Gasteiger partial charge in [0.1, 0.15) is 6.11 Å². The highest BCUT2D eigenvalue weighted by Gasteiger charge is 1.96. The molecular formula is C17H6O2S. The maximum atomic E-state index is 10.8. The van der Waals surface area contributed by atoms with Gasteiger partial charge in [-0.3, -0.25) is 4.79 Å². The molecule has 0 fully saturated rings. The number of ether oxygens (including phenoxy) is 1. The molecule has 0 aromatic carbocycles. The Morgan fingerprint density at radius 2 is 1.30 bits per heavy atom. The van der Waals surface area contributed by atoms with Gasteiger partial charge in [0.15, 0.2) is 0 Å². The normalized spacial score (nSPS) is 5.40. The van der Waals surface area contributed by atoms with Gasteiger partial charge in [-0.15, -0.1) is 6.42 Å². The van der Waals surface area contributed by atoms with Crippen LogP contribution in [0.3, 0.4) is 0 Å². The summed E-state index contributed by atoms with van der Waals surface area (Å²) in [7, 11) is 0. The van der Waals surface area contributed by atoms with Crippen LogP contribution >= 0.6 is 12.6 Å². The summed E-state index contributed by atoms with van der Waals surface area (Å²) in [5.41, 5.74) is 0. The van der Waals surface area contributed by atoms with Crippen molar-refractivity contribution in [3.05, 3.63) is 0 Å². The van der Waals surface area contributed by atoms with Crippen LogP contribution in [0.4, 0.5) is 0 Å². The van der Waals surface area contributed by atoms with Crippen LogP contribution < -0.4 is 0 Å². The third-order valence-corrected chi connectivity index (χ3v) is 1.45. The van der Waals surface area contributed by atoms with E-state index in [-0.39, 0.29) is 6.42 Å². The van der Waals surface area contributed by atoms with Crippen molar-refractivity contribution in [2.45, 2.75) is 6.42 Å². The first kappa shape index (κ1) is 16.7. The Morgan fingerprint density at radius 1 is 0.850 bits per heavy atom. The maximum absolute atomic E-state index is 10.8. The Bertz CT molecular complexity index is 759. The summed E-state index contributed by atoms with van der Waals surface area (Å²) in [4.78, 5) is 10.8. The molecule has 0 atom stereocenters.